The number of alkyl halides is 2. The van der Waals surface area contributed by atoms with E-state index in [-0.39, 0.29) is 5.78 Å². The van der Waals surface area contributed by atoms with Gasteiger partial charge in [-0.05, 0) is 51.2 Å². The van der Waals surface area contributed by atoms with Gasteiger partial charge in [0.1, 0.15) is 0 Å². The zero-order valence-electron chi connectivity index (χ0n) is 5.57. The number of hydrogen-bond acceptors (Lipinski definition) is 1. The first kappa shape index (κ1) is 11.1. The average Bonchev–Trinajstić information content (AvgIpc) is 2.30. The van der Waals surface area contributed by atoms with Crippen molar-refractivity contribution in [1.82, 2.24) is 4.98 Å². The van der Waals surface area contributed by atoms with E-state index in [1.54, 1.807) is 6.07 Å². The standard InChI is InChI=1S/C6H3Cl2I2NO/c7-5(8)4(12)3-1-2(9)6(10)11-3/h1,5,11H. The Hall–Kier alpha value is 0.990. The molecule has 1 aromatic rings. The largest absolute Gasteiger partial charge is 0.347 e. The molecule has 0 bridgehead atoms. The Bertz CT molecular complexity index is 291. The van der Waals surface area contributed by atoms with Gasteiger partial charge in [0.2, 0.25) is 5.78 Å². The molecular weight excluding hydrogens is 427 g/mol. The second-order valence-electron chi connectivity index (χ2n) is 2.01. The number of aromatic amines is 1. The molecule has 0 amide bonds. The molecule has 1 N–H and O–H groups in total. The third-order valence-corrected chi connectivity index (χ3v) is 4.32. The van der Waals surface area contributed by atoms with Gasteiger partial charge in [0.25, 0.3) is 0 Å². The van der Waals surface area contributed by atoms with Crippen molar-refractivity contribution < 1.29 is 4.79 Å². The Kier molecular flexibility index (Phi) is 4.13. The highest BCUT2D eigenvalue weighted by atomic mass is 127. The van der Waals surface area contributed by atoms with Crippen LogP contribution >= 0.6 is 68.4 Å². The van der Waals surface area contributed by atoms with Gasteiger partial charge in [-0.1, -0.05) is 23.2 Å². The highest BCUT2D eigenvalue weighted by Gasteiger charge is 2.17. The summed E-state index contributed by atoms with van der Waals surface area (Å²) < 4.78 is 1.91. The summed E-state index contributed by atoms with van der Waals surface area (Å²) in [6, 6.07) is 1.72. The van der Waals surface area contributed by atoms with Crippen molar-refractivity contribution in [3.8, 4) is 0 Å². The predicted molar refractivity (Wildman–Crippen MR) is 66.1 cm³/mol. The quantitative estimate of drug-likeness (QED) is 0.437. The highest BCUT2D eigenvalue weighted by Crippen LogP contribution is 2.18. The van der Waals surface area contributed by atoms with Gasteiger partial charge < -0.3 is 4.98 Å². The van der Waals surface area contributed by atoms with Crippen LogP contribution in [0.2, 0.25) is 0 Å². The molecule has 0 unspecified atom stereocenters. The maximum atomic E-state index is 11.2. The second-order valence-corrected chi connectivity index (χ2v) is 5.35. The van der Waals surface area contributed by atoms with E-state index >= 15 is 0 Å². The van der Waals surface area contributed by atoms with Crippen molar-refractivity contribution in [2.45, 2.75) is 4.84 Å². The Morgan fingerprint density at radius 3 is 2.42 bits per heavy atom. The molecule has 2 nitrogen and oxygen atoms in total. The third kappa shape index (κ3) is 2.49. The summed E-state index contributed by atoms with van der Waals surface area (Å²) in [5.74, 6) is -0.292. The molecule has 0 aliphatic rings. The van der Waals surface area contributed by atoms with Crippen LogP contribution in [0.15, 0.2) is 6.07 Å². The molecule has 6 heteroatoms. The number of aromatic nitrogens is 1. The molecule has 0 saturated carbocycles. The van der Waals surface area contributed by atoms with Crippen LogP contribution in [-0.2, 0) is 0 Å². The van der Waals surface area contributed by atoms with Gasteiger partial charge in [0.15, 0.2) is 4.84 Å². The summed E-state index contributed by atoms with van der Waals surface area (Å²) >= 11 is 15.1. The van der Waals surface area contributed by atoms with Crippen LogP contribution in [0.25, 0.3) is 0 Å². The molecule has 1 aromatic heterocycles. The van der Waals surface area contributed by atoms with Gasteiger partial charge in [-0.25, -0.2) is 0 Å². The van der Waals surface area contributed by atoms with Gasteiger partial charge in [0.05, 0.1) is 9.39 Å². The number of hydrogen-bond donors (Lipinski definition) is 1. The van der Waals surface area contributed by atoms with Crippen molar-refractivity contribution in [2.75, 3.05) is 0 Å². The van der Waals surface area contributed by atoms with Crippen LogP contribution in [0.3, 0.4) is 0 Å². The topological polar surface area (TPSA) is 32.9 Å². The van der Waals surface area contributed by atoms with E-state index in [1.807, 2.05) is 0 Å². The summed E-state index contributed by atoms with van der Waals surface area (Å²) in [6.45, 7) is 0. The van der Waals surface area contributed by atoms with E-state index in [0.29, 0.717) is 5.69 Å². The van der Waals surface area contributed by atoms with Crippen LogP contribution < -0.4 is 0 Å². The monoisotopic (exact) mass is 429 g/mol. The number of carbonyl (C=O) groups excluding carboxylic acids is 1. The zero-order valence-corrected chi connectivity index (χ0v) is 11.4. The minimum Gasteiger partial charge on any atom is -0.347 e. The fourth-order valence-corrected chi connectivity index (χ4v) is 1.78. The third-order valence-electron chi connectivity index (χ3n) is 1.19. The molecule has 0 aromatic carbocycles. The molecule has 0 aliphatic heterocycles. The Balaban J connectivity index is 2.97. The van der Waals surface area contributed by atoms with E-state index in [1.165, 1.54) is 0 Å². The maximum absolute atomic E-state index is 11.2. The fraction of sp³-hybridized carbons (Fsp3) is 0.167. The van der Waals surface area contributed by atoms with E-state index < -0.39 is 4.84 Å². The van der Waals surface area contributed by atoms with E-state index in [2.05, 4.69) is 50.2 Å². The van der Waals surface area contributed by atoms with Crippen LogP contribution in [0.5, 0.6) is 0 Å². The van der Waals surface area contributed by atoms with Gasteiger partial charge in [-0.3, -0.25) is 4.79 Å². The molecule has 0 saturated heterocycles. The molecule has 1 rings (SSSR count). The highest BCUT2D eigenvalue weighted by molar-refractivity contribution is 14.1. The number of carbonyl (C=O) groups is 1. The Morgan fingerprint density at radius 1 is 1.50 bits per heavy atom. The number of ketones is 1. The van der Waals surface area contributed by atoms with Crippen molar-refractivity contribution in [3.05, 3.63) is 19.0 Å². The minimum atomic E-state index is -0.991. The molecule has 1 heterocycles. The van der Waals surface area contributed by atoms with E-state index in [4.69, 9.17) is 23.2 Å². The normalized spacial score (nSPS) is 10.8. The average molecular weight is 430 g/mol. The smallest absolute Gasteiger partial charge is 0.211 e. The first-order chi connectivity index (χ1) is 5.52. The summed E-state index contributed by atoms with van der Waals surface area (Å²) in [5.41, 5.74) is 0.457. The van der Waals surface area contributed by atoms with E-state index in [9.17, 15) is 4.79 Å². The first-order valence-corrected chi connectivity index (χ1v) is 5.91. The van der Waals surface area contributed by atoms with Crippen LogP contribution in [0.4, 0.5) is 0 Å². The Morgan fingerprint density at radius 2 is 2.08 bits per heavy atom. The molecule has 0 fully saturated rings. The molecule has 0 atom stereocenters. The zero-order chi connectivity index (χ0) is 9.30. The van der Waals surface area contributed by atoms with Gasteiger partial charge in [0, 0.05) is 3.57 Å². The Labute approximate surface area is 107 Å². The lowest BCUT2D eigenvalue weighted by Gasteiger charge is -1.95. The molecule has 66 valence electrons. The second kappa shape index (κ2) is 4.47. The molecule has 0 aliphatic carbocycles. The summed E-state index contributed by atoms with van der Waals surface area (Å²) in [6.07, 6.45) is 0. The maximum Gasteiger partial charge on any atom is 0.211 e. The van der Waals surface area contributed by atoms with Crippen molar-refractivity contribution >= 4 is 74.2 Å². The molecule has 0 spiro atoms. The van der Waals surface area contributed by atoms with Gasteiger partial charge >= 0.3 is 0 Å². The predicted octanol–water partition coefficient (Wildman–Crippen LogP) is 3.21. The SMILES string of the molecule is O=C(c1cc(I)c(I)[nH]1)C(Cl)Cl. The van der Waals surface area contributed by atoms with Crippen molar-refractivity contribution in [3.63, 3.8) is 0 Å². The van der Waals surface area contributed by atoms with Crippen LogP contribution in [0.1, 0.15) is 10.5 Å². The number of rotatable bonds is 2. The summed E-state index contributed by atoms with van der Waals surface area (Å²) in [7, 11) is 0. The lowest BCUT2D eigenvalue weighted by molar-refractivity contribution is 0.100. The summed E-state index contributed by atoms with van der Waals surface area (Å²) in [5, 5.41) is 0. The van der Waals surface area contributed by atoms with Gasteiger partial charge in [-0.15, -0.1) is 0 Å². The minimum absolute atomic E-state index is 0.292. The number of Topliss-reactive ketones (excluding diaryl/α,β-unsaturated/α-hetero) is 1. The lowest BCUT2D eigenvalue weighted by Crippen LogP contribution is -2.08. The first-order valence-electron chi connectivity index (χ1n) is 2.88. The lowest BCUT2D eigenvalue weighted by atomic mass is 10.3. The van der Waals surface area contributed by atoms with Crippen molar-refractivity contribution in [2.24, 2.45) is 0 Å². The van der Waals surface area contributed by atoms with Gasteiger partial charge in [-0.2, -0.15) is 0 Å². The van der Waals surface area contributed by atoms with Crippen molar-refractivity contribution in [1.29, 1.82) is 0 Å². The molecular formula is C6H3Cl2I2NO. The number of halogens is 4. The number of H-pyrrole nitrogens is 1. The molecule has 12 heavy (non-hydrogen) atoms. The van der Waals surface area contributed by atoms with Crippen LogP contribution in [0, 0.1) is 7.27 Å². The number of nitrogens with one attached hydrogen (secondary N) is 1. The van der Waals surface area contributed by atoms with Crippen LogP contribution in [-0.4, -0.2) is 15.6 Å². The van der Waals surface area contributed by atoms with E-state index in [0.717, 1.165) is 7.27 Å². The molecule has 0 radical (unpaired) electrons. The summed E-state index contributed by atoms with van der Waals surface area (Å²) in [4.78, 5) is 13.1. The fourth-order valence-electron chi connectivity index (χ4n) is 0.654.